The lowest BCUT2D eigenvalue weighted by Gasteiger charge is -2.12. The van der Waals surface area contributed by atoms with Crippen LogP contribution in [0.4, 0.5) is 0 Å². The van der Waals surface area contributed by atoms with Crippen molar-refractivity contribution < 1.29 is 0 Å². The van der Waals surface area contributed by atoms with E-state index >= 15 is 0 Å². The average Bonchev–Trinajstić information content (AvgIpc) is 3.97. The Morgan fingerprint density at radius 1 is 0.246 bits per heavy atom. The quantitative estimate of drug-likeness (QED) is 0.165. The van der Waals surface area contributed by atoms with E-state index in [1.807, 2.05) is 0 Å². The number of hydrogen-bond acceptors (Lipinski definition) is 0. The highest BCUT2D eigenvalue weighted by molar-refractivity contribution is 6.27. The second-order valence-corrected chi connectivity index (χ2v) is 16.1. The molecule has 0 unspecified atom stereocenters. The van der Waals surface area contributed by atoms with Crippen LogP contribution < -0.4 is 0 Å². The molecule has 0 bridgehead atoms. The lowest BCUT2D eigenvalue weighted by molar-refractivity contribution is 1.18. The zero-order valence-electron chi connectivity index (χ0n) is 33.2. The van der Waals surface area contributed by atoms with Gasteiger partial charge in [-0.2, -0.15) is 0 Å². The topological polar surface area (TPSA) is 14.8 Å². The zero-order valence-corrected chi connectivity index (χ0v) is 33.2. The second kappa shape index (κ2) is 13.2. The third-order valence-electron chi connectivity index (χ3n) is 12.8. The Bertz CT molecular complexity index is 3840. The van der Waals surface area contributed by atoms with Gasteiger partial charge in [0.05, 0.1) is 38.8 Å². The summed E-state index contributed by atoms with van der Waals surface area (Å²) in [6.07, 6.45) is 0. The minimum absolute atomic E-state index is 1.15. The van der Waals surface area contributed by atoms with E-state index in [9.17, 15) is 0 Å². The smallest absolute Gasteiger partial charge is 0.0641 e. The van der Waals surface area contributed by atoms with Gasteiger partial charge in [-0.3, -0.25) is 0 Å². The summed E-state index contributed by atoms with van der Waals surface area (Å²) in [5.74, 6) is 0. The van der Waals surface area contributed by atoms with Crippen LogP contribution >= 0.6 is 0 Å². The normalized spacial score (nSPS) is 11.9. The van der Waals surface area contributed by atoms with Crippen molar-refractivity contribution >= 4 is 76.2 Å². The molecule has 0 aliphatic carbocycles. The number of para-hydroxylation sites is 3. The summed E-state index contributed by atoms with van der Waals surface area (Å²) in [5, 5.41) is 9.92. The maximum atomic E-state index is 2.49. The molecule has 3 heterocycles. The predicted molar refractivity (Wildman–Crippen MR) is 258 cm³/mol. The van der Waals surface area contributed by atoms with Gasteiger partial charge in [0.25, 0.3) is 0 Å². The van der Waals surface area contributed by atoms with Crippen LogP contribution in [0.15, 0.2) is 224 Å². The Hall–Kier alpha value is -8.14. The van der Waals surface area contributed by atoms with Gasteiger partial charge in [0.15, 0.2) is 0 Å². The van der Waals surface area contributed by atoms with Crippen LogP contribution in [0.25, 0.3) is 116 Å². The summed E-state index contributed by atoms with van der Waals surface area (Å²) in [6, 6.07) is 82.2. The van der Waals surface area contributed by atoms with Crippen LogP contribution in [0.1, 0.15) is 0 Å². The van der Waals surface area contributed by atoms with E-state index in [0.29, 0.717) is 0 Å². The van der Waals surface area contributed by atoms with E-state index in [1.165, 1.54) is 104 Å². The van der Waals surface area contributed by atoms with Crippen molar-refractivity contribution in [3.05, 3.63) is 224 Å². The summed E-state index contributed by atoms with van der Waals surface area (Å²) in [7, 11) is 0. The second-order valence-electron chi connectivity index (χ2n) is 16.1. The molecule has 0 N–H and O–H groups in total. The van der Waals surface area contributed by atoms with Gasteiger partial charge in [-0.15, -0.1) is 0 Å². The number of hydrogen-bond donors (Lipinski definition) is 0. The van der Waals surface area contributed by atoms with E-state index in [0.717, 1.165) is 11.4 Å². The molecular weight excluding hydrogens is 739 g/mol. The van der Waals surface area contributed by atoms with E-state index in [2.05, 4.69) is 238 Å². The van der Waals surface area contributed by atoms with Gasteiger partial charge >= 0.3 is 0 Å². The van der Waals surface area contributed by atoms with Gasteiger partial charge in [-0.25, -0.2) is 0 Å². The zero-order chi connectivity index (χ0) is 40.0. The SMILES string of the molecule is c1ccc(-c2ccc(-n3c4ccccc4c4cc(-c5ccc6c(c5)c5c(ccc7c8ccccc8n(-c8ccccc8)c75)n6-c5cccc6ccccc56)ccc43)cc2)cc1. The molecule has 13 aromatic rings. The third kappa shape index (κ3) is 5.04. The van der Waals surface area contributed by atoms with E-state index in [1.54, 1.807) is 0 Å². The van der Waals surface area contributed by atoms with Gasteiger partial charge < -0.3 is 13.7 Å². The maximum Gasteiger partial charge on any atom is 0.0641 e. The molecule has 0 amide bonds. The number of rotatable bonds is 5. The van der Waals surface area contributed by atoms with Crippen LogP contribution in [0, 0.1) is 0 Å². The molecule has 3 heteroatoms. The third-order valence-corrected chi connectivity index (χ3v) is 12.8. The molecule has 3 nitrogen and oxygen atoms in total. The van der Waals surface area contributed by atoms with Crippen molar-refractivity contribution in [1.82, 2.24) is 13.7 Å². The summed E-state index contributed by atoms with van der Waals surface area (Å²) < 4.78 is 7.37. The molecule has 13 rings (SSSR count). The van der Waals surface area contributed by atoms with Crippen molar-refractivity contribution in [3.63, 3.8) is 0 Å². The summed E-state index contributed by atoms with van der Waals surface area (Å²) in [5.41, 5.74) is 15.5. The maximum absolute atomic E-state index is 2.49. The fraction of sp³-hybridized carbons (Fsp3) is 0. The van der Waals surface area contributed by atoms with Crippen LogP contribution in [0.5, 0.6) is 0 Å². The lowest BCUT2D eigenvalue weighted by Crippen LogP contribution is -1.96. The van der Waals surface area contributed by atoms with Crippen molar-refractivity contribution in [2.45, 2.75) is 0 Å². The molecule has 0 saturated heterocycles. The standard InChI is InChI=1S/C58H37N3/c1-3-14-38(15-4-1)39-26-30-44(31-27-39)59-52-23-11-10-22-47(52)49-36-41(28-33-54(49)59)42-29-34-55-50(37-42)57-56(61(55)51-25-13-17-40-16-7-8-20-45(40)51)35-32-48-46-21-9-12-24-53(46)60(58(48)57)43-18-5-2-6-19-43/h1-37H. The molecule has 3 aromatic heterocycles. The van der Waals surface area contributed by atoms with Gasteiger partial charge in [0.1, 0.15) is 0 Å². The largest absolute Gasteiger partial charge is 0.309 e. The fourth-order valence-electron chi connectivity index (χ4n) is 10.1. The monoisotopic (exact) mass is 775 g/mol. The van der Waals surface area contributed by atoms with E-state index < -0.39 is 0 Å². The van der Waals surface area contributed by atoms with Gasteiger partial charge in [0, 0.05) is 49.1 Å². The molecule has 61 heavy (non-hydrogen) atoms. The van der Waals surface area contributed by atoms with Crippen molar-refractivity contribution in [1.29, 1.82) is 0 Å². The Morgan fingerprint density at radius 2 is 0.754 bits per heavy atom. The highest BCUT2D eigenvalue weighted by Gasteiger charge is 2.22. The fourth-order valence-corrected chi connectivity index (χ4v) is 10.1. The Morgan fingerprint density at radius 3 is 1.51 bits per heavy atom. The molecule has 0 aliphatic rings. The lowest BCUT2D eigenvalue weighted by atomic mass is 10.00. The summed E-state index contributed by atoms with van der Waals surface area (Å²) in [4.78, 5) is 0. The van der Waals surface area contributed by atoms with Crippen molar-refractivity contribution in [3.8, 4) is 39.3 Å². The Balaban J connectivity index is 1.07. The molecule has 0 fully saturated rings. The Kier molecular flexibility index (Phi) is 7.31. The highest BCUT2D eigenvalue weighted by Crippen LogP contribution is 2.44. The molecule has 0 spiro atoms. The summed E-state index contributed by atoms with van der Waals surface area (Å²) in [6.45, 7) is 0. The number of nitrogens with zero attached hydrogens (tertiary/aromatic N) is 3. The minimum Gasteiger partial charge on any atom is -0.309 e. The summed E-state index contributed by atoms with van der Waals surface area (Å²) >= 11 is 0. The average molecular weight is 776 g/mol. The number of benzene rings is 10. The molecular formula is C58H37N3. The minimum atomic E-state index is 1.15. The number of fused-ring (bicyclic) bond motifs is 11. The highest BCUT2D eigenvalue weighted by atomic mass is 15.0. The van der Waals surface area contributed by atoms with Gasteiger partial charge in [-0.05, 0) is 100 Å². The molecule has 0 saturated carbocycles. The van der Waals surface area contributed by atoms with Crippen molar-refractivity contribution in [2.75, 3.05) is 0 Å². The van der Waals surface area contributed by atoms with Crippen LogP contribution in [0.3, 0.4) is 0 Å². The first-order valence-electron chi connectivity index (χ1n) is 21.0. The first-order chi connectivity index (χ1) is 30.3. The van der Waals surface area contributed by atoms with Gasteiger partial charge in [0.2, 0.25) is 0 Å². The first kappa shape index (κ1) is 33.8. The predicted octanol–water partition coefficient (Wildman–Crippen LogP) is 15.5. The van der Waals surface area contributed by atoms with Crippen molar-refractivity contribution in [2.24, 2.45) is 0 Å². The molecule has 284 valence electrons. The van der Waals surface area contributed by atoms with Crippen LogP contribution in [0.2, 0.25) is 0 Å². The first-order valence-corrected chi connectivity index (χ1v) is 21.0. The molecule has 10 aromatic carbocycles. The van der Waals surface area contributed by atoms with E-state index in [-0.39, 0.29) is 0 Å². The van der Waals surface area contributed by atoms with E-state index in [4.69, 9.17) is 0 Å². The molecule has 0 radical (unpaired) electrons. The Labute approximate surface area is 352 Å². The van der Waals surface area contributed by atoms with Crippen LogP contribution in [-0.4, -0.2) is 13.7 Å². The molecule has 0 aliphatic heterocycles. The van der Waals surface area contributed by atoms with Gasteiger partial charge in [-0.1, -0.05) is 152 Å². The van der Waals surface area contributed by atoms with Crippen LogP contribution in [-0.2, 0) is 0 Å². The molecule has 0 atom stereocenters. The number of aromatic nitrogens is 3.